The molecule has 0 N–H and O–H groups in total. The Bertz CT molecular complexity index is 397. The van der Waals surface area contributed by atoms with Crippen LogP contribution in [0.1, 0.15) is 0 Å². The van der Waals surface area contributed by atoms with Crippen molar-refractivity contribution in [1.29, 1.82) is 0 Å². The van der Waals surface area contributed by atoms with Gasteiger partial charge in [-0.05, 0) is 40.8 Å². The first kappa shape index (κ1) is 14.5. The number of benzene rings is 1. The maximum absolute atomic E-state index is 11.4. The van der Waals surface area contributed by atoms with Crippen molar-refractivity contribution in [2.45, 2.75) is 6.10 Å². The summed E-state index contributed by atoms with van der Waals surface area (Å²) in [6.45, 7) is 0.106. The first-order valence-electron chi connectivity index (χ1n) is 4.77. The second kappa shape index (κ2) is 7.03. The monoisotopic (exact) mass is 370 g/mol. The average molecular weight is 371 g/mol. The van der Waals surface area contributed by atoms with Crippen molar-refractivity contribution in [3.05, 3.63) is 26.8 Å². The Morgan fingerprint density at radius 2 is 2.18 bits per heavy atom. The van der Waals surface area contributed by atoms with Gasteiger partial charge < -0.3 is 14.2 Å². The van der Waals surface area contributed by atoms with E-state index in [1.807, 2.05) is 6.07 Å². The van der Waals surface area contributed by atoms with Gasteiger partial charge in [-0.15, -0.1) is 0 Å². The van der Waals surface area contributed by atoms with E-state index in [0.717, 1.165) is 3.57 Å². The maximum Gasteiger partial charge on any atom is 0.349 e. The lowest BCUT2D eigenvalue weighted by Crippen LogP contribution is -2.33. The van der Waals surface area contributed by atoms with E-state index in [9.17, 15) is 4.79 Å². The zero-order valence-corrected chi connectivity index (χ0v) is 12.3. The molecule has 94 valence electrons. The van der Waals surface area contributed by atoms with E-state index < -0.39 is 12.1 Å². The molecule has 6 heteroatoms. The molecule has 0 spiro atoms. The Balaban J connectivity index is 2.85. The van der Waals surface area contributed by atoms with Crippen LogP contribution in [-0.4, -0.2) is 32.9 Å². The third-order valence-corrected chi connectivity index (χ3v) is 2.93. The van der Waals surface area contributed by atoms with Crippen molar-refractivity contribution >= 4 is 40.2 Å². The summed E-state index contributed by atoms with van der Waals surface area (Å²) in [5.41, 5.74) is 0. The molecule has 17 heavy (non-hydrogen) atoms. The minimum atomic E-state index is -0.819. The van der Waals surface area contributed by atoms with Gasteiger partial charge in [-0.3, -0.25) is 0 Å². The number of ether oxygens (including phenoxy) is 3. The lowest BCUT2D eigenvalue weighted by molar-refractivity contribution is -0.151. The molecule has 1 rings (SSSR count). The zero-order chi connectivity index (χ0) is 12.8. The van der Waals surface area contributed by atoms with Crippen LogP contribution in [0.15, 0.2) is 18.2 Å². The molecule has 1 aromatic rings. The Hall–Kier alpha value is -0.530. The van der Waals surface area contributed by atoms with E-state index in [1.54, 1.807) is 12.1 Å². The van der Waals surface area contributed by atoms with Crippen LogP contribution < -0.4 is 4.74 Å². The van der Waals surface area contributed by atoms with Crippen LogP contribution in [0.5, 0.6) is 5.75 Å². The normalized spacial score (nSPS) is 12.0. The summed E-state index contributed by atoms with van der Waals surface area (Å²) in [6, 6.07) is 5.30. The van der Waals surface area contributed by atoms with Gasteiger partial charge in [0.15, 0.2) is 0 Å². The summed E-state index contributed by atoms with van der Waals surface area (Å²) in [4.78, 5) is 11.4. The van der Waals surface area contributed by atoms with E-state index in [0.29, 0.717) is 10.8 Å². The summed E-state index contributed by atoms with van der Waals surface area (Å²) in [7, 11) is 2.78. The number of halogens is 2. The fourth-order valence-electron chi connectivity index (χ4n) is 1.15. The van der Waals surface area contributed by atoms with Crippen LogP contribution in [0.2, 0.25) is 5.02 Å². The van der Waals surface area contributed by atoms with Crippen molar-refractivity contribution in [2.75, 3.05) is 20.8 Å². The number of carbonyl (C=O) groups is 1. The molecular formula is C11H12ClIO4. The van der Waals surface area contributed by atoms with Gasteiger partial charge in [-0.2, -0.15) is 0 Å². The number of rotatable bonds is 5. The Kier molecular flexibility index (Phi) is 6.01. The molecule has 0 amide bonds. The minimum absolute atomic E-state index is 0.106. The third-order valence-electron chi connectivity index (χ3n) is 1.94. The van der Waals surface area contributed by atoms with E-state index >= 15 is 0 Å². The fraction of sp³-hybridized carbons (Fsp3) is 0.364. The first-order valence-corrected chi connectivity index (χ1v) is 6.22. The fourth-order valence-corrected chi connectivity index (χ4v) is 1.78. The topological polar surface area (TPSA) is 44.8 Å². The molecule has 0 saturated heterocycles. The van der Waals surface area contributed by atoms with E-state index in [-0.39, 0.29) is 6.61 Å². The molecule has 0 heterocycles. The molecule has 0 aliphatic carbocycles. The molecule has 0 radical (unpaired) electrons. The molecular weight excluding hydrogens is 358 g/mol. The smallest absolute Gasteiger partial charge is 0.349 e. The summed E-state index contributed by atoms with van der Waals surface area (Å²) in [5.74, 6) is -0.0622. The Morgan fingerprint density at radius 3 is 2.76 bits per heavy atom. The summed E-state index contributed by atoms with van der Waals surface area (Å²) in [5, 5.41) is 0.440. The number of hydrogen-bond acceptors (Lipinski definition) is 4. The van der Waals surface area contributed by atoms with Crippen molar-refractivity contribution in [3.8, 4) is 5.75 Å². The standard InChI is InChI=1S/C11H12ClIO4/c1-15-6-10(11(14)16-2)17-9-5-7(13)3-4-8(9)12/h3-5,10H,6H2,1-2H3. The average Bonchev–Trinajstić information content (AvgIpc) is 2.32. The zero-order valence-electron chi connectivity index (χ0n) is 9.41. The molecule has 0 saturated carbocycles. The van der Waals surface area contributed by atoms with Crippen molar-refractivity contribution in [3.63, 3.8) is 0 Å². The van der Waals surface area contributed by atoms with Crippen LogP contribution in [0.25, 0.3) is 0 Å². The molecule has 1 unspecified atom stereocenters. The molecule has 0 fully saturated rings. The van der Waals surface area contributed by atoms with Crippen molar-refractivity contribution in [1.82, 2.24) is 0 Å². The molecule has 0 bridgehead atoms. The van der Waals surface area contributed by atoms with Gasteiger partial charge in [-0.25, -0.2) is 4.79 Å². The summed E-state index contributed by atoms with van der Waals surface area (Å²) < 4.78 is 16.0. The molecule has 0 aliphatic heterocycles. The van der Waals surface area contributed by atoms with Gasteiger partial charge in [0.05, 0.1) is 18.7 Å². The summed E-state index contributed by atoms with van der Waals surface area (Å²) >= 11 is 8.10. The van der Waals surface area contributed by atoms with E-state index in [1.165, 1.54) is 14.2 Å². The predicted octanol–water partition coefficient (Wildman–Crippen LogP) is 2.51. The van der Waals surface area contributed by atoms with Crippen LogP contribution >= 0.6 is 34.2 Å². The summed E-state index contributed by atoms with van der Waals surface area (Å²) in [6.07, 6.45) is -0.819. The van der Waals surface area contributed by atoms with Gasteiger partial charge in [0.25, 0.3) is 0 Å². The molecule has 1 atom stereocenters. The lowest BCUT2D eigenvalue weighted by atomic mass is 10.3. The van der Waals surface area contributed by atoms with E-state index in [4.69, 9.17) is 21.1 Å². The second-order valence-corrected chi connectivity index (χ2v) is 4.81. The lowest BCUT2D eigenvalue weighted by Gasteiger charge is -2.17. The molecule has 4 nitrogen and oxygen atoms in total. The molecule has 0 aliphatic rings. The highest BCUT2D eigenvalue weighted by Gasteiger charge is 2.22. The highest BCUT2D eigenvalue weighted by molar-refractivity contribution is 14.1. The minimum Gasteiger partial charge on any atom is -0.475 e. The second-order valence-electron chi connectivity index (χ2n) is 3.16. The Morgan fingerprint density at radius 1 is 1.47 bits per heavy atom. The van der Waals surface area contributed by atoms with Crippen LogP contribution in [0.4, 0.5) is 0 Å². The van der Waals surface area contributed by atoms with Crippen LogP contribution in [-0.2, 0) is 14.3 Å². The number of hydrogen-bond donors (Lipinski definition) is 0. The SMILES string of the molecule is COCC(Oc1cc(I)ccc1Cl)C(=O)OC. The third kappa shape index (κ3) is 4.33. The maximum atomic E-state index is 11.4. The van der Waals surface area contributed by atoms with Crippen LogP contribution in [0.3, 0.4) is 0 Å². The first-order chi connectivity index (χ1) is 8.08. The van der Waals surface area contributed by atoms with Gasteiger partial charge in [0.2, 0.25) is 6.10 Å². The van der Waals surface area contributed by atoms with Gasteiger partial charge in [-0.1, -0.05) is 11.6 Å². The largest absolute Gasteiger partial charge is 0.475 e. The van der Waals surface area contributed by atoms with Gasteiger partial charge >= 0.3 is 5.97 Å². The quantitative estimate of drug-likeness (QED) is 0.590. The van der Waals surface area contributed by atoms with Gasteiger partial charge in [0.1, 0.15) is 5.75 Å². The molecule has 0 aromatic heterocycles. The van der Waals surface area contributed by atoms with Crippen LogP contribution in [0, 0.1) is 3.57 Å². The molecule has 1 aromatic carbocycles. The number of methoxy groups -OCH3 is 2. The highest BCUT2D eigenvalue weighted by Crippen LogP contribution is 2.27. The predicted molar refractivity (Wildman–Crippen MR) is 72.5 cm³/mol. The number of esters is 1. The van der Waals surface area contributed by atoms with Crippen molar-refractivity contribution in [2.24, 2.45) is 0 Å². The van der Waals surface area contributed by atoms with Crippen molar-refractivity contribution < 1.29 is 19.0 Å². The highest BCUT2D eigenvalue weighted by atomic mass is 127. The Labute approximate surface area is 118 Å². The van der Waals surface area contributed by atoms with Gasteiger partial charge in [0, 0.05) is 10.7 Å². The number of carbonyl (C=O) groups excluding carboxylic acids is 1. The van der Waals surface area contributed by atoms with E-state index in [2.05, 4.69) is 27.3 Å².